The number of nitrogens with one attached hydrogen (secondary N) is 2. The zero-order chi connectivity index (χ0) is 24.8. The molecule has 9 heteroatoms. The normalized spacial score (nSPS) is 17.7. The van der Waals surface area contributed by atoms with Gasteiger partial charge in [0.1, 0.15) is 0 Å². The van der Waals surface area contributed by atoms with Gasteiger partial charge in [0.05, 0.1) is 38.9 Å². The lowest BCUT2D eigenvalue weighted by atomic mass is 10.2. The molecule has 2 aliphatic rings. The van der Waals surface area contributed by atoms with E-state index in [2.05, 4.69) is 21.7 Å². The SMILES string of the molecule is COC[C@H]1CCCN1C(=O)c1cc2nccc(Nc3ccc4c(c3)cc(C)n4C(=O)NC3CC3)c2s1. The number of carbonyl (C=O) groups excluding carboxylic acids is 2. The van der Waals surface area contributed by atoms with Crippen LogP contribution in [0, 0.1) is 6.92 Å². The molecule has 0 spiro atoms. The molecule has 4 aromatic rings. The van der Waals surface area contributed by atoms with E-state index in [-0.39, 0.29) is 18.0 Å². The Labute approximate surface area is 213 Å². The lowest BCUT2D eigenvalue weighted by Crippen LogP contribution is -2.37. The molecule has 0 bridgehead atoms. The van der Waals surface area contributed by atoms with Crippen LogP contribution in [-0.4, -0.2) is 58.7 Å². The smallest absolute Gasteiger partial charge is 0.326 e. The molecule has 4 heterocycles. The van der Waals surface area contributed by atoms with Crippen molar-refractivity contribution in [3.05, 3.63) is 53.2 Å². The number of amides is 2. The molecule has 36 heavy (non-hydrogen) atoms. The zero-order valence-corrected chi connectivity index (χ0v) is 21.2. The molecule has 6 rings (SSSR count). The van der Waals surface area contributed by atoms with Gasteiger partial charge in [-0.15, -0.1) is 11.3 Å². The van der Waals surface area contributed by atoms with Crippen LogP contribution < -0.4 is 10.6 Å². The van der Waals surface area contributed by atoms with Crippen LogP contribution in [0.5, 0.6) is 0 Å². The number of hydrogen-bond donors (Lipinski definition) is 2. The molecule has 2 fully saturated rings. The van der Waals surface area contributed by atoms with E-state index in [9.17, 15) is 9.59 Å². The van der Waals surface area contributed by atoms with Gasteiger partial charge < -0.3 is 20.3 Å². The van der Waals surface area contributed by atoms with E-state index >= 15 is 0 Å². The summed E-state index contributed by atoms with van der Waals surface area (Å²) < 4.78 is 8.01. The van der Waals surface area contributed by atoms with Crippen molar-refractivity contribution in [2.45, 2.75) is 44.7 Å². The Morgan fingerprint density at radius 2 is 2.03 bits per heavy atom. The Morgan fingerprint density at radius 1 is 1.17 bits per heavy atom. The number of nitrogens with zero attached hydrogens (tertiary/aromatic N) is 3. The topological polar surface area (TPSA) is 88.5 Å². The largest absolute Gasteiger partial charge is 0.383 e. The Kier molecular flexibility index (Phi) is 5.89. The molecule has 1 aliphatic carbocycles. The summed E-state index contributed by atoms with van der Waals surface area (Å²) >= 11 is 1.47. The number of aromatic nitrogens is 2. The molecule has 3 aromatic heterocycles. The minimum Gasteiger partial charge on any atom is -0.383 e. The van der Waals surface area contributed by atoms with E-state index in [4.69, 9.17) is 4.74 Å². The Morgan fingerprint density at radius 3 is 2.83 bits per heavy atom. The first kappa shape index (κ1) is 23.0. The third-order valence-corrected chi connectivity index (χ3v) is 8.14. The molecular formula is C27H29N5O3S. The molecule has 1 aromatic carbocycles. The zero-order valence-electron chi connectivity index (χ0n) is 20.4. The van der Waals surface area contributed by atoms with Crippen molar-refractivity contribution < 1.29 is 14.3 Å². The number of pyridine rings is 1. The second kappa shape index (κ2) is 9.22. The van der Waals surface area contributed by atoms with Gasteiger partial charge in [-0.1, -0.05) is 0 Å². The molecule has 8 nitrogen and oxygen atoms in total. The minimum atomic E-state index is -0.0666. The van der Waals surface area contributed by atoms with Crippen molar-refractivity contribution in [3.8, 4) is 0 Å². The number of hydrogen-bond acceptors (Lipinski definition) is 6. The molecular weight excluding hydrogens is 474 g/mol. The number of ether oxygens (including phenoxy) is 1. The highest BCUT2D eigenvalue weighted by Crippen LogP contribution is 2.35. The average molecular weight is 504 g/mol. The fourth-order valence-electron chi connectivity index (χ4n) is 5.08. The molecule has 1 saturated heterocycles. The number of thiophene rings is 1. The summed E-state index contributed by atoms with van der Waals surface area (Å²) in [4.78, 5) is 33.1. The highest BCUT2D eigenvalue weighted by molar-refractivity contribution is 7.21. The van der Waals surface area contributed by atoms with E-state index in [1.54, 1.807) is 17.9 Å². The minimum absolute atomic E-state index is 0.0474. The van der Waals surface area contributed by atoms with Crippen molar-refractivity contribution in [3.63, 3.8) is 0 Å². The van der Waals surface area contributed by atoms with Crippen molar-refractivity contribution in [2.24, 2.45) is 0 Å². The van der Waals surface area contributed by atoms with Crippen LogP contribution in [0.3, 0.4) is 0 Å². The summed E-state index contributed by atoms with van der Waals surface area (Å²) in [6.07, 6.45) is 5.85. The average Bonchev–Trinajstić information content (AvgIpc) is 3.25. The third kappa shape index (κ3) is 4.22. The molecule has 1 atom stereocenters. The van der Waals surface area contributed by atoms with Gasteiger partial charge in [-0.05, 0) is 69.0 Å². The van der Waals surface area contributed by atoms with Crippen LogP contribution in [0.4, 0.5) is 16.2 Å². The van der Waals surface area contributed by atoms with Gasteiger partial charge in [0.15, 0.2) is 0 Å². The number of fused-ring (bicyclic) bond motifs is 2. The number of rotatable bonds is 6. The number of aryl methyl sites for hydroxylation is 1. The maximum atomic E-state index is 13.3. The van der Waals surface area contributed by atoms with E-state index in [1.165, 1.54) is 11.3 Å². The van der Waals surface area contributed by atoms with Crippen molar-refractivity contribution in [1.82, 2.24) is 19.8 Å². The number of benzene rings is 1. The van der Waals surface area contributed by atoms with Gasteiger partial charge in [-0.25, -0.2) is 4.79 Å². The fraction of sp³-hybridized carbons (Fsp3) is 0.370. The number of methoxy groups -OCH3 is 1. The summed E-state index contributed by atoms with van der Waals surface area (Å²) in [5.41, 5.74) is 4.41. The summed E-state index contributed by atoms with van der Waals surface area (Å²) in [6.45, 7) is 3.28. The molecule has 2 amide bonds. The summed E-state index contributed by atoms with van der Waals surface area (Å²) in [6, 6.07) is 12.2. The first-order valence-corrected chi connectivity index (χ1v) is 13.2. The van der Waals surface area contributed by atoms with Crippen LogP contribution in [0.25, 0.3) is 21.1 Å². The highest BCUT2D eigenvalue weighted by Gasteiger charge is 2.30. The second-order valence-corrected chi connectivity index (χ2v) is 10.7. The highest BCUT2D eigenvalue weighted by atomic mass is 32.1. The van der Waals surface area contributed by atoms with Gasteiger partial charge >= 0.3 is 6.03 Å². The summed E-state index contributed by atoms with van der Waals surface area (Å²) in [5, 5.41) is 7.57. The van der Waals surface area contributed by atoms with E-state index in [0.29, 0.717) is 17.5 Å². The lowest BCUT2D eigenvalue weighted by Gasteiger charge is -2.23. The maximum absolute atomic E-state index is 13.3. The van der Waals surface area contributed by atoms with Crippen LogP contribution in [0.2, 0.25) is 0 Å². The van der Waals surface area contributed by atoms with Crippen LogP contribution in [-0.2, 0) is 4.74 Å². The van der Waals surface area contributed by atoms with Gasteiger partial charge in [0.2, 0.25) is 0 Å². The quantitative estimate of drug-likeness (QED) is 0.374. The van der Waals surface area contributed by atoms with Gasteiger partial charge in [-0.3, -0.25) is 14.3 Å². The molecule has 1 saturated carbocycles. The summed E-state index contributed by atoms with van der Waals surface area (Å²) in [7, 11) is 1.68. The molecule has 2 N–H and O–H groups in total. The number of anilines is 2. The van der Waals surface area contributed by atoms with Gasteiger partial charge in [-0.2, -0.15) is 0 Å². The predicted octanol–water partition coefficient (Wildman–Crippen LogP) is 5.27. The molecule has 1 aliphatic heterocycles. The first-order valence-electron chi connectivity index (χ1n) is 12.4. The fourth-order valence-corrected chi connectivity index (χ4v) is 6.12. The number of carbonyl (C=O) groups is 2. The van der Waals surface area contributed by atoms with Crippen LogP contribution in [0.15, 0.2) is 42.6 Å². The molecule has 186 valence electrons. The third-order valence-electron chi connectivity index (χ3n) is 6.99. The first-order chi connectivity index (χ1) is 17.5. The van der Waals surface area contributed by atoms with Gasteiger partial charge in [0.25, 0.3) is 5.91 Å². The Bertz CT molecular complexity index is 1470. The summed E-state index contributed by atoms with van der Waals surface area (Å²) in [5.74, 6) is 0.0474. The maximum Gasteiger partial charge on any atom is 0.326 e. The Hall–Kier alpha value is -3.43. The lowest BCUT2D eigenvalue weighted by molar-refractivity contribution is 0.0635. The predicted molar refractivity (Wildman–Crippen MR) is 142 cm³/mol. The van der Waals surface area contributed by atoms with Crippen molar-refractivity contribution in [1.29, 1.82) is 0 Å². The molecule has 0 unspecified atom stereocenters. The van der Waals surface area contributed by atoms with E-state index in [1.807, 2.05) is 42.2 Å². The van der Waals surface area contributed by atoms with E-state index < -0.39 is 0 Å². The standard InChI is InChI=1S/C27H29N5O3S/c1-16-12-17-13-19(7-8-23(17)32(16)27(34)30-18-5-6-18)29-21-9-10-28-22-14-24(36-25(21)22)26(33)31-11-3-4-20(31)15-35-2/h7-10,12-14,18,20H,3-6,11,15H2,1-2H3,(H,28,29)(H,30,34)/t20-/m1/s1. The van der Waals surface area contributed by atoms with E-state index in [0.717, 1.165) is 70.4 Å². The Balaban J connectivity index is 1.27. The second-order valence-electron chi connectivity index (χ2n) is 9.68. The van der Waals surface area contributed by atoms with Crippen LogP contribution >= 0.6 is 11.3 Å². The van der Waals surface area contributed by atoms with Crippen molar-refractivity contribution >= 4 is 55.8 Å². The number of likely N-dealkylation sites (tertiary alicyclic amines) is 1. The van der Waals surface area contributed by atoms with Crippen LogP contribution in [0.1, 0.15) is 41.0 Å². The monoisotopic (exact) mass is 503 g/mol. The van der Waals surface area contributed by atoms with Gasteiger partial charge in [0, 0.05) is 42.7 Å². The molecule has 0 radical (unpaired) electrons. The van der Waals surface area contributed by atoms with Crippen molar-refractivity contribution in [2.75, 3.05) is 25.6 Å².